The van der Waals surface area contributed by atoms with Crippen molar-refractivity contribution in [2.24, 2.45) is 17.8 Å². The highest BCUT2D eigenvalue weighted by Gasteiger charge is 2.56. The maximum Gasteiger partial charge on any atom is 0.407 e. The van der Waals surface area contributed by atoms with Crippen molar-refractivity contribution in [1.29, 1.82) is 0 Å². The second kappa shape index (κ2) is 13.0. The summed E-state index contributed by atoms with van der Waals surface area (Å²) in [6.07, 6.45) is 2.62. The summed E-state index contributed by atoms with van der Waals surface area (Å²) in [6, 6.07) is 13.5. The molecule has 5 heterocycles. The second-order valence-electron chi connectivity index (χ2n) is 15.4. The van der Waals surface area contributed by atoms with Crippen LogP contribution in [0.1, 0.15) is 62.4 Å². The average molecular weight is 734 g/mol. The third kappa shape index (κ3) is 5.70. The van der Waals surface area contributed by atoms with Crippen LogP contribution in [0.2, 0.25) is 0 Å². The number of hydrogen-bond acceptors (Lipinski definition) is 8. The van der Waals surface area contributed by atoms with Crippen molar-refractivity contribution in [3.63, 3.8) is 0 Å². The second-order valence-corrected chi connectivity index (χ2v) is 15.4. The fourth-order valence-electron chi connectivity index (χ4n) is 8.92. The third-order valence-corrected chi connectivity index (χ3v) is 11.7. The first-order chi connectivity index (χ1) is 26.1. The number of rotatable bonds is 8. The van der Waals surface area contributed by atoms with E-state index in [0.717, 1.165) is 74.2 Å². The molecule has 3 aromatic carbocycles. The molecule has 2 aromatic heterocycles. The Morgan fingerprint density at radius 1 is 1.02 bits per heavy atom. The van der Waals surface area contributed by atoms with Gasteiger partial charge in [-0.25, -0.2) is 19.6 Å². The number of nitrogens with one attached hydrogen (secondary N) is 3. The maximum absolute atomic E-state index is 13.9. The van der Waals surface area contributed by atoms with Gasteiger partial charge in [-0.15, -0.1) is 0 Å². The van der Waals surface area contributed by atoms with E-state index in [9.17, 15) is 19.5 Å². The van der Waals surface area contributed by atoms with Crippen LogP contribution in [-0.2, 0) is 20.9 Å². The molecule has 0 bridgehead atoms. The first-order valence-electron chi connectivity index (χ1n) is 18.5. The molecule has 9 rings (SSSR count). The molecule has 3 aliphatic heterocycles. The van der Waals surface area contributed by atoms with Gasteiger partial charge in [0.1, 0.15) is 30.0 Å². The molecule has 0 spiro atoms. The number of H-pyrrole nitrogens is 2. The Balaban J connectivity index is 0.992. The lowest BCUT2D eigenvalue weighted by Gasteiger charge is -2.31. The van der Waals surface area contributed by atoms with Gasteiger partial charge in [-0.1, -0.05) is 32.0 Å². The smallest absolute Gasteiger partial charge is 0.407 e. The van der Waals surface area contributed by atoms with Crippen molar-refractivity contribution in [2.45, 2.75) is 63.9 Å². The van der Waals surface area contributed by atoms with Gasteiger partial charge in [0.05, 0.1) is 48.7 Å². The molecule has 2 saturated heterocycles. The third-order valence-electron chi connectivity index (χ3n) is 11.7. The number of imidazole rings is 2. The van der Waals surface area contributed by atoms with Gasteiger partial charge in [0, 0.05) is 36.6 Å². The minimum Gasteiger partial charge on any atom is -0.488 e. The van der Waals surface area contributed by atoms with Gasteiger partial charge in [-0.2, -0.15) is 0 Å². The highest BCUT2D eigenvalue weighted by molar-refractivity contribution is 6.07. The molecule has 14 nitrogen and oxygen atoms in total. The van der Waals surface area contributed by atoms with Gasteiger partial charge in [-0.05, 0) is 77.4 Å². The summed E-state index contributed by atoms with van der Waals surface area (Å²) in [5.41, 5.74) is 6.59. The Bertz CT molecular complexity index is 2320. The van der Waals surface area contributed by atoms with E-state index in [0.29, 0.717) is 37.9 Å². The number of carbonyl (C=O) groups excluding carboxylic acids is 2. The van der Waals surface area contributed by atoms with Crippen LogP contribution in [-0.4, -0.2) is 92.4 Å². The summed E-state index contributed by atoms with van der Waals surface area (Å²) in [5.74, 6) is 2.48. The number of nitrogens with zero attached hydrogens (tertiary/aromatic N) is 4. The van der Waals surface area contributed by atoms with Crippen molar-refractivity contribution < 1.29 is 33.7 Å². The maximum atomic E-state index is 13.9. The molecule has 3 fully saturated rings. The van der Waals surface area contributed by atoms with Crippen molar-refractivity contribution >= 4 is 39.9 Å². The molecule has 4 N–H and O–H groups in total. The van der Waals surface area contributed by atoms with E-state index in [2.05, 4.69) is 56.7 Å². The number of amides is 3. The Hall–Kier alpha value is -5.63. The number of carbonyl (C=O) groups is 3. The molecule has 5 aromatic rings. The van der Waals surface area contributed by atoms with E-state index in [-0.39, 0.29) is 35.9 Å². The number of carboxylic acid groups (broad SMARTS) is 1. The number of aromatic nitrogens is 4. The summed E-state index contributed by atoms with van der Waals surface area (Å²) >= 11 is 0. The molecule has 4 aliphatic rings. The van der Waals surface area contributed by atoms with Crippen LogP contribution in [0.15, 0.2) is 48.7 Å². The van der Waals surface area contributed by atoms with Crippen molar-refractivity contribution in [3.05, 3.63) is 65.9 Å². The zero-order valence-electron chi connectivity index (χ0n) is 30.6. The lowest BCUT2D eigenvalue weighted by molar-refractivity contribution is -0.136. The minimum atomic E-state index is -0.961. The lowest BCUT2D eigenvalue weighted by Crippen LogP contribution is -2.52. The van der Waals surface area contributed by atoms with Crippen LogP contribution in [0.5, 0.6) is 5.75 Å². The quantitative estimate of drug-likeness (QED) is 0.141. The van der Waals surface area contributed by atoms with Crippen LogP contribution in [0.4, 0.5) is 9.59 Å². The normalized spacial score (nSPS) is 23.2. The Morgan fingerprint density at radius 3 is 2.65 bits per heavy atom. The first kappa shape index (κ1) is 34.2. The Labute approximate surface area is 311 Å². The predicted octanol–water partition coefficient (Wildman–Crippen LogP) is 6.40. The van der Waals surface area contributed by atoms with Crippen LogP contribution in [0, 0.1) is 17.8 Å². The summed E-state index contributed by atoms with van der Waals surface area (Å²) in [5, 5.41) is 14.6. The SMILES string of the molecule is COC[C@H]1C[C@@H](c2ncc(-c3ccc4c(c3)COc3cc5c(ccc6nc([C@@H]7C[C@@H]8C[C@@H]8N7C(=O)[C@@H](NC(=O)OC)C(C)C)[nH]c65)cc3-4)[nH]2)N(C(=O)O)C1. The van der Waals surface area contributed by atoms with Gasteiger partial charge < -0.3 is 39.5 Å². The van der Waals surface area contributed by atoms with E-state index >= 15 is 0 Å². The highest BCUT2D eigenvalue weighted by atomic mass is 16.5. The van der Waals surface area contributed by atoms with Crippen molar-refractivity contribution in [1.82, 2.24) is 35.1 Å². The minimum absolute atomic E-state index is 0.109. The molecule has 0 unspecified atom stereocenters. The van der Waals surface area contributed by atoms with Gasteiger partial charge in [0.15, 0.2) is 0 Å². The average Bonchev–Trinajstić information content (AvgIpc) is 3.64. The summed E-state index contributed by atoms with van der Waals surface area (Å²) in [6.45, 7) is 5.15. The number of aromatic amines is 2. The molecular formula is C40H43N7O7. The largest absolute Gasteiger partial charge is 0.488 e. The van der Waals surface area contributed by atoms with Crippen LogP contribution < -0.4 is 10.1 Å². The fraction of sp³-hybridized carbons (Fsp3) is 0.425. The van der Waals surface area contributed by atoms with E-state index in [4.69, 9.17) is 19.2 Å². The molecule has 14 heteroatoms. The molecule has 0 radical (unpaired) electrons. The highest BCUT2D eigenvalue weighted by Crippen LogP contribution is 2.54. The first-order valence-corrected chi connectivity index (χ1v) is 18.5. The molecule has 280 valence electrons. The summed E-state index contributed by atoms with van der Waals surface area (Å²) in [4.78, 5) is 58.0. The Morgan fingerprint density at radius 2 is 1.87 bits per heavy atom. The number of piperidine rings is 1. The lowest BCUT2D eigenvalue weighted by atomic mass is 9.92. The number of methoxy groups -OCH3 is 2. The van der Waals surface area contributed by atoms with Gasteiger partial charge in [0.25, 0.3) is 0 Å². The molecule has 54 heavy (non-hydrogen) atoms. The van der Waals surface area contributed by atoms with Gasteiger partial charge in [-0.3, -0.25) is 9.69 Å². The topological polar surface area (TPSA) is 175 Å². The number of likely N-dealkylation sites (tertiary alicyclic amines) is 2. The zero-order valence-corrected chi connectivity index (χ0v) is 30.6. The standard InChI is InChI=1S/C40H43N7O7/c1-19(2)34(45-39(49)53-4)38(48)47-30-12-23(30)13-32(47)37-42-28-8-6-21-11-27-25-7-5-22(10-24(25)18-54-33(27)14-26(21)35(28)44-37)29-15-41-36(43-29)31-9-20(17-52-3)16-46(31)40(50)51/h5-8,10-11,14-15,19-20,23,30-32,34H,9,12-13,16-18H2,1-4H3,(H,41,43)(H,42,44)(H,45,49)(H,50,51)/t20-,23-,30-,31-,32-,34-/m0/s1. The number of hydrogen-bond donors (Lipinski definition) is 4. The van der Waals surface area contributed by atoms with Crippen molar-refractivity contribution in [3.8, 4) is 28.1 Å². The van der Waals surface area contributed by atoms with Crippen LogP contribution in [0.3, 0.4) is 0 Å². The van der Waals surface area contributed by atoms with Crippen LogP contribution >= 0.6 is 0 Å². The molecule has 1 aliphatic carbocycles. The van der Waals surface area contributed by atoms with Crippen molar-refractivity contribution in [2.75, 3.05) is 27.4 Å². The van der Waals surface area contributed by atoms with E-state index in [1.165, 1.54) is 12.0 Å². The number of fused-ring (bicyclic) bond motifs is 7. The van der Waals surface area contributed by atoms with E-state index in [1.54, 1.807) is 13.3 Å². The summed E-state index contributed by atoms with van der Waals surface area (Å²) in [7, 11) is 2.93. The van der Waals surface area contributed by atoms with Crippen LogP contribution in [0.25, 0.3) is 44.2 Å². The van der Waals surface area contributed by atoms with Gasteiger partial charge in [0.2, 0.25) is 5.91 Å². The molecule has 1 saturated carbocycles. The number of alkyl carbamates (subject to hydrolysis) is 1. The Kier molecular flexibility index (Phi) is 8.25. The summed E-state index contributed by atoms with van der Waals surface area (Å²) < 4.78 is 16.5. The monoisotopic (exact) mass is 733 g/mol. The number of ether oxygens (including phenoxy) is 3. The van der Waals surface area contributed by atoms with Gasteiger partial charge >= 0.3 is 12.2 Å². The zero-order chi connectivity index (χ0) is 37.4. The van der Waals surface area contributed by atoms with E-state index < -0.39 is 18.2 Å². The fourth-order valence-corrected chi connectivity index (χ4v) is 8.92. The molecule has 3 amide bonds. The van der Waals surface area contributed by atoms with E-state index in [1.807, 2.05) is 24.8 Å². The molecule has 6 atom stereocenters. The number of benzene rings is 3. The predicted molar refractivity (Wildman–Crippen MR) is 199 cm³/mol. The molecular weight excluding hydrogens is 690 g/mol.